The monoisotopic (exact) mass is 255 g/mol. The van der Waals surface area contributed by atoms with Crippen molar-refractivity contribution >= 4 is 5.69 Å². The molecule has 1 heterocycles. The maximum atomic E-state index is 8.82. The summed E-state index contributed by atoms with van der Waals surface area (Å²) < 4.78 is 5.46. The van der Waals surface area contributed by atoms with E-state index in [2.05, 4.69) is 11.0 Å². The molecule has 0 spiro atoms. The van der Waals surface area contributed by atoms with Gasteiger partial charge >= 0.3 is 0 Å². The Balaban J connectivity index is 2.29. The maximum Gasteiger partial charge on any atom is 0.127 e. The van der Waals surface area contributed by atoms with Gasteiger partial charge in [-0.2, -0.15) is 5.26 Å². The summed E-state index contributed by atoms with van der Waals surface area (Å²) in [6, 6.07) is 15.9. The molecule has 0 radical (unpaired) electrons. The molecule has 1 atom stereocenters. The van der Waals surface area contributed by atoms with Crippen LogP contribution in [0.5, 0.6) is 0 Å². The van der Waals surface area contributed by atoms with E-state index in [9.17, 15) is 0 Å². The summed E-state index contributed by atoms with van der Waals surface area (Å²) in [5.74, 6) is 0.823. The highest BCUT2D eigenvalue weighted by molar-refractivity contribution is 5.48. The molecule has 0 amide bonds. The third-order valence-corrected chi connectivity index (χ3v) is 3.02. The van der Waals surface area contributed by atoms with Gasteiger partial charge in [0.2, 0.25) is 0 Å². The highest BCUT2D eigenvalue weighted by atomic mass is 16.3. The standard InChI is InChI=1S/C15H17N3O/c16-9-5-10-18(13-6-2-1-3-7-13)14(12-17)15-8-4-11-19-15/h1-4,6-8,11,14H,5,10,12,17H2. The molecule has 0 saturated carbocycles. The minimum Gasteiger partial charge on any atom is -0.467 e. The second-order valence-corrected chi connectivity index (χ2v) is 4.20. The summed E-state index contributed by atoms with van der Waals surface area (Å²) in [6.07, 6.45) is 2.09. The second kappa shape index (κ2) is 6.62. The molecule has 1 unspecified atom stereocenters. The molecule has 1 aromatic heterocycles. The Morgan fingerprint density at radius 2 is 2.00 bits per heavy atom. The zero-order valence-corrected chi connectivity index (χ0v) is 10.7. The Hall–Kier alpha value is -2.25. The van der Waals surface area contributed by atoms with Crippen molar-refractivity contribution in [2.45, 2.75) is 12.5 Å². The molecule has 4 nitrogen and oxygen atoms in total. The van der Waals surface area contributed by atoms with Crippen LogP contribution in [0.3, 0.4) is 0 Å². The molecule has 0 fully saturated rings. The number of hydrogen-bond acceptors (Lipinski definition) is 4. The molecule has 4 heteroatoms. The second-order valence-electron chi connectivity index (χ2n) is 4.20. The van der Waals surface area contributed by atoms with Gasteiger partial charge in [-0.3, -0.25) is 0 Å². The van der Waals surface area contributed by atoms with Crippen LogP contribution in [0.4, 0.5) is 5.69 Å². The SMILES string of the molecule is N#CCCN(c1ccccc1)C(CN)c1ccco1. The third kappa shape index (κ3) is 3.15. The van der Waals surface area contributed by atoms with Gasteiger partial charge in [-0.1, -0.05) is 18.2 Å². The molecule has 1 aromatic carbocycles. The molecule has 0 aliphatic carbocycles. The first-order valence-electron chi connectivity index (χ1n) is 6.29. The number of rotatable bonds is 6. The first-order chi connectivity index (χ1) is 9.36. The molecule has 0 aliphatic rings. The highest BCUT2D eigenvalue weighted by Crippen LogP contribution is 2.26. The van der Waals surface area contributed by atoms with Crippen molar-refractivity contribution in [3.8, 4) is 6.07 Å². The topological polar surface area (TPSA) is 66.2 Å². The fraction of sp³-hybridized carbons (Fsp3) is 0.267. The van der Waals surface area contributed by atoms with E-state index in [1.807, 2.05) is 42.5 Å². The summed E-state index contributed by atoms with van der Waals surface area (Å²) in [6.45, 7) is 1.07. The van der Waals surface area contributed by atoms with Crippen LogP contribution in [-0.2, 0) is 0 Å². The normalized spacial score (nSPS) is 11.8. The largest absolute Gasteiger partial charge is 0.467 e. The minimum atomic E-state index is -0.0502. The van der Waals surface area contributed by atoms with E-state index in [4.69, 9.17) is 15.4 Å². The van der Waals surface area contributed by atoms with E-state index in [1.54, 1.807) is 6.26 Å². The quantitative estimate of drug-likeness (QED) is 0.861. The number of nitrogens with two attached hydrogens (primary N) is 1. The number of furan rings is 1. The average Bonchev–Trinajstić information content (AvgIpc) is 2.98. The van der Waals surface area contributed by atoms with Crippen LogP contribution in [-0.4, -0.2) is 13.1 Å². The molecule has 19 heavy (non-hydrogen) atoms. The van der Waals surface area contributed by atoms with Gasteiger partial charge < -0.3 is 15.1 Å². The van der Waals surface area contributed by atoms with Crippen LogP contribution in [0.2, 0.25) is 0 Å². The molecule has 2 aromatic rings. The number of anilines is 1. The number of nitrogens with zero attached hydrogens (tertiary/aromatic N) is 2. The fourth-order valence-electron chi connectivity index (χ4n) is 2.13. The van der Waals surface area contributed by atoms with Gasteiger partial charge in [-0.05, 0) is 24.3 Å². The first-order valence-corrected chi connectivity index (χ1v) is 6.29. The zero-order valence-electron chi connectivity index (χ0n) is 10.7. The van der Waals surface area contributed by atoms with E-state index < -0.39 is 0 Å². The van der Waals surface area contributed by atoms with Crippen LogP contribution in [0.1, 0.15) is 18.2 Å². The van der Waals surface area contributed by atoms with Gasteiger partial charge in [0.25, 0.3) is 0 Å². The molecular weight excluding hydrogens is 238 g/mol. The van der Waals surface area contributed by atoms with Crippen molar-refractivity contribution in [3.05, 3.63) is 54.5 Å². The maximum absolute atomic E-state index is 8.82. The van der Waals surface area contributed by atoms with Gasteiger partial charge in [0, 0.05) is 18.8 Å². The molecule has 0 bridgehead atoms. The van der Waals surface area contributed by atoms with E-state index in [0.29, 0.717) is 19.5 Å². The fourth-order valence-corrected chi connectivity index (χ4v) is 2.13. The van der Waals surface area contributed by atoms with E-state index in [-0.39, 0.29) is 6.04 Å². The summed E-state index contributed by atoms with van der Waals surface area (Å²) in [5, 5.41) is 8.82. The van der Waals surface area contributed by atoms with Crippen molar-refractivity contribution in [2.75, 3.05) is 18.0 Å². The Morgan fingerprint density at radius 1 is 1.21 bits per heavy atom. The molecule has 2 rings (SSSR count). The van der Waals surface area contributed by atoms with Gasteiger partial charge in [0.15, 0.2) is 0 Å². The smallest absolute Gasteiger partial charge is 0.127 e. The van der Waals surface area contributed by atoms with Crippen LogP contribution in [0.15, 0.2) is 53.1 Å². The minimum absolute atomic E-state index is 0.0502. The van der Waals surface area contributed by atoms with Crippen molar-refractivity contribution in [3.63, 3.8) is 0 Å². The van der Waals surface area contributed by atoms with Gasteiger partial charge in [0.05, 0.1) is 24.8 Å². The molecular formula is C15H17N3O. The lowest BCUT2D eigenvalue weighted by Crippen LogP contribution is -2.34. The van der Waals surface area contributed by atoms with Crippen molar-refractivity contribution in [2.24, 2.45) is 5.73 Å². The summed E-state index contributed by atoms with van der Waals surface area (Å²) >= 11 is 0. The highest BCUT2D eigenvalue weighted by Gasteiger charge is 2.21. The van der Waals surface area contributed by atoms with Crippen LogP contribution in [0.25, 0.3) is 0 Å². The predicted molar refractivity (Wildman–Crippen MR) is 74.5 cm³/mol. The Kier molecular flexibility index (Phi) is 4.60. The lowest BCUT2D eigenvalue weighted by Gasteiger charge is -2.31. The molecule has 0 saturated heterocycles. The van der Waals surface area contributed by atoms with Crippen molar-refractivity contribution in [1.82, 2.24) is 0 Å². The van der Waals surface area contributed by atoms with Crippen molar-refractivity contribution < 1.29 is 4.42 Å². The molecule has 2 N–H and O–H groups in total. The number of benzene rings is 1. The predicted octanol–water partition coefficient (Wildman–Crippen LogP) is 2.70. The Bertz CT molecular complexity index is 516. The first kappa shape index (κ1) is 13.2. The van der Waals surface area contributed by atoms with Gasteiger partial charge in [0.1, 0.15) is 5.76 Å². The third-order valence-electron chi connectivity index (χ3n) is 3.02. The lowest BCUT2D eigenvalue weighted by molar-refractivity contribution is 0.451. The van der Waals surface area contributed by atoms with Crippen LogP contribution >= 0.6 is 0 Å². The van der Waals surface area contributed by atoms with E-state index >= 15 is 0 Å². The Labute approximate surface area is 113 Å². The average molecular weight is 255 g/mol. The molecule has 0 aliphatic heterocycles. The number of para-hydroxylation sites is 1. The van der Waals surface area contributed by atoms with Crippen molar-refractivity contribution in [1.29, 1.82) is 5.26 Å². The van der Waals surface area contributed by atoms with Crippen LogP contribution < -0.4 is 10.6 Å². The van der Waals surface area contributed by atoms with Gasteiger partial charge in [-0.25, -0.2) is 0 Å². The summed E-state index contributed by atoms with van der Waals surface area (Å²) in [5.41, 5.74) is 6.94. The van der Waals surface area contributed by atoms with Crippen LogP contribution in [0, 0.1) is 11.3 Å². The van der Waals surface area contributed by atoms with Gasteiger partial charge in [-0.15, -0.1) is 0 Å². The van der Waals surface area contributed by atoms with E-state index in [1.165, 1.54) is 0 Å². The summed E-state index contributed by atoms with van der Waals surface area (Å²) in [7, 11) is 0. The van der Waals surface area contributed by atoms with E-state index in [0.717, 1.165) is 11.4 Å². The zero-order chi connectivity index (χ0) is 13.5. The lowest BCUT2D eigenvalue weighted by atomic mass is 10.1. The number of hydrogen-bond donors (Lipinski definition) is 1. The molecule has 98 valence electrons. The number of nitriles is 1. The Morgan fingerprint density at radius 3 is 2.58 bits per heavy atom. The summed E-state index contributed by atoms with van der Waals surface area (Å²) in [4.78, 5) is 2.11.